The Bertz CT molecular complexity index is 730. The number of hydrogen-bond donors (Lipinski definition) is 5. The van der Waals surface area contributed by atoms with E-state index in [1.807, 2.05) is 6.92 Å². The molecule has 0 bridgehead atoms. The normalized spacial score (nSPS) is 9.78. The fourth-order valence-electron chi connectivity index (χ4n) is 1.72. The van der Waals surface area contributed by atoms with Crippen molar-refractivity contribution in [2.75, 3.05) is 16.0 Å². The summed E-state index contributed by atoms with van der Waals surface area (Å²) in [5.41, 5.74) is 7.04. The Morgan fingerprint density at radius 2 is 1.91 bits per heavy atom. The third-order valence-corrected chi connectivity index (χ3v) is 2.84. The molecule has 0 aliphatic rings. The van der Waals surface area contributed by atoms with Crippen molar-refractivity contribution in [2.45, 2.75) is 6.92 Å². The molecule has 0 fully saturated rings. The molecule has 4 amide bonds. The number of hydrogen-bond acceptors (Lipinski definition) is 4. The van der Waals surface area contributed by atoms with Gasteiger partial charge in [-0.15, -0.1) is 0 Å². The SMILES string of the molecule is Cc1ccc(NC(=O)Nc2ccco2)cc1NC(=O)NC(N)=S. The van der Waals surface area contributed by atoms with Crippen LogP contribution in [0.1, 0.15) is 5.56 Å². The highest BCUT2D eigenvalue weighted by molar-refractivity contribution is 7.80. The van der Waals surface area contributed by atoms with Crippen LogP contribution in [-0.2, 0) is 0 Å². The molecule has 2 aromatic rings. The van der Waals surface area contributed by atoms with E-state index in [0.717, 1.165) is 5.56 Å². The Morgan fingerprint density at radius 3 is 2.57 bits per heavy atom. The number of carbonyl (C=O) groups is 2. The zero-order chi connectivity index (χ0) is 16.8. The molecule has 8 nitrogen and oxygen atoms in total. The summed E-state index contributed by atoms with van der Waals surface area (Å²) in [6.07, 6.45) is 1.45. The number of nitrogens with two attached hydrogens (primary N) is 1. The van der Waals surface area contributed by atoms with Crippen LogP contribution in [0.15, 0.2) is 41.0 Å². The number of benzene rings is 1. The lowest BCUT2D eigenvalue weighted by Crippen LogP contribution is -2.38. The van der Waals surface area contributed by atoms with Gasteiger partial charge in [0.25, 0.3) is 0 Å². The van der Waals surface area contributed by atoms with Crippen molar-refractivity contribution in [3.63, 3.8) is 0 Å². The quantitative estimate of drug-likeness (QED) is 0.553. The molecule has 1 aromatic carbocycles. The van der Waals surface area contributed by atoms with E-state index in [9.17, 15) is 9.59 Å². The molecule has 0 saturated heterocycles. The van der Waals surface area contributed by atoms with Crippen LogP contribution in [0, 0.1) is 6.92 Å². The minimum absolute atomic E-state index is 0.132. The van der Waals surface area contributed by atoms with Gasteiger partial charge in [0, 0.05) is 17.4 Å². The lowest BCUT2D eigenvalue weighted by molar-refractivity contribution is 0.256. The molecule has 23 heavy (non-hydrogen) atoms. The zero-order valence-corrected chi connectivity index (χ0v) is 13.0. The number of furan rings is 1. The summed E-state index contributed by atoms with van der Waals surface area (Å²) in [4.78, 5) is 23.4. The summed E-state index contributed by atoms with van der Waals surface area (Å²) in [6.45, 7) is 1.81. The summed E-state index contributed by atoms with van der Waals surface area (Å²) < 4.78 is 5.01. The van der Waals surface area contributed by atoms with Crippen LogP contribution >= 0.6 is 12.2 Å². The number of nitrogens with one attached hydrogen (secondary N) is 4. The third kappa shape index (κ3) is 5.00. The lowest BCUT2D eigenvalue weighted by atomic mass is 10.2. The van der Waals surface area contributed by atoms with Gasteiger partial charge in [0.1, 0.15) is 0 Å². The van der Waals surface area contributed by atoms with Gasteiger partial charge in [0.2, 0.25) is 5.88 Å². The number of rotatable bonds is 3. The third-order valence-electron chi connectivity index (χ3n) is 2.74. The maximum absolute atomic E-state index is 11.8. The van der Waals surface area contributed by atoms with E-state index in [-0.39, 0.29) is 5.11 Å². The Morgan fingerprint density at radius 1 is 1.13 bits per heavy atom. The Labute approximate surface area is 137 Å². The van der Waals surface area contributed by atoms with E-state index >= 15 is 0 Å². The summed E-state index contributed by atoms with van der Waals surface area (Å²) in [6, 6.07) is 7.30. The molecule has 0 aliphatic carbocycles. The number of carbonyl (C=O) groups excluding carboxylic acids is 2. The summed E-state index contributed by atoms with van der Waals surface area (Å²) in [5, 5.41) is 9.87. The van der Waals surface area contributed by atoms with Gasteiger partial charge >= 0.3 is 12.1 Å². The fourth-order valence-corrected chi connectivity index (χ4v) is 1.82. The van der Waals surface area contributed by atoms with Gasteiger partial charge in [-0.1, -0.05) is 6.07 Å². The van der Waals surface area contributed by atoms with Crippen molar-refractivity contribution in [1.82, 2.24) is 5.32 Å². The molecule has 0 radical (unpaired) electrons. The number of anilines is 3. The van der Waals surface area contributed by atoms with Crippen LogP contribution in [0.5, 0.6) is 0 Å². The molecule has 0 aliphatic heterocycles. The standard InChI is InChI=1S/C14H15N5O3S/c1-8-4-5-9(7-10(8)17-14(21)19-12(15)23)16-13(20)18-11-3-2-6-22-11/h2-7H,1H3,(H2,16,18,20)(H4,15,17,19,21,23). The maximum Gasteiger partial charge on any atom is 0.326 e. The first-order chi connectivity index (χ1) is 10.9. The van der Waals surface area contributed by atoms with Gasteiger partial charge < -0.3 is 20.8 Å². The highest BCUT2D eigenvalue weighted by Gasteiger charge is 2.08. The second-order valence-corrected chi connectivity index (χ2v) is 4.97. The first-order valence-electron chi connectivity index (χ1n) is 6.53. The van der Waals surface area contributed by atoms with Gasteiger partial charge in [-0.25, -0.2) is 9.59 Å². The van der Waals surface area contributed by atoms with Crippen molar-refractivity contribution in [1.29, 1.82) is 0 Å². The van der Waals surface area contributed by atoms with E-state index < -0.39 is 12.1 Å². The van der Waals surface area contributed by atoms with Crippen molar-refractivity contribution in [3.05, 3.63) is 42.2 Å². The molecule has 9 heteroatoms. The molecule has 0 saturated carbocycles. The predicted molar refractivity (Wildman–Crippen MR) is 91.5 cm³/mol. The minimum Gasteiger partial charge on any atom is -0.449 e. The minimum atomic E-state index is -0.558. The van der Waals surface area contributed by atoms with Crippen molar-refractivity contribution in [3.8, 4) is 0 Å². The zero-order valence-electron chi connectivity index (χ0n) is 12.2. The number of thiocarbonyl (C=S) groups is 1. The Balaban J connectivity index is 2.02. The second-order valence-electron chi connectivity index (χ2n) is 4.53. The van der Waals surface area contributed by atoms with Crippen LogP contribution in [0.4, 0.5) is 26.8 Å². The van der Waals surface area contributed by atoms with Crippen LogP contribution in [0.25, 0.3) is 0 Å². The van der Waals surface area contributed by atoms with Gasteiger partial charge in [-0.2, -0.15) is 0 Å². The fraction of sp³-hybridized carbons (Fsp3) is 0.0714. The van der Waals surface area contributed by atoms with Crippen LogP contribution in [-0.4, -0.2) is 17.2 Å². The van der Waals surface area contributed by atoms with Crippen molar-refractivity contribution < 1.29 is 14.0 Å². The first kappa shape index (κ1) is 16.3. The second kappa shape index (κ2) is 7.27. The average Bonchev–Trinajstić information content (AvgIpc) is 2.94. The van der Waals surface area contributed by atoms with Crippen LogP contribution < -0.4 is 27.0 Å². The van der Waals surface area contributed by atoms with Gasteiger partial charge in [-0.05, 0) is 42.9 Å². The molecule has 6 N–H and O–H groups in total. The van der Waals surface area contributed by atoms with Crippen LogP contribution in [0.2, 0.25) is 0 Å². The molecule has 0 spiro atoms. The maximum atomic E-state index is 11.8. The molecule has 1 heterocycles. The topological polar surface area (TPSA) is 121 Å². The number of amides is 4. The number of aryl methyl sites for hydroxylation is 1. The van der Waals surface area contributed by atoms with E-state index in [4.69, 9.17) is 10.2 Å². The number of urea groups is 2. The van der Waals surface area contributed by atoms with E-state index in [1.165, 1.54) is 6.26 Å². The molecule has 0 atom stereocenters. The molecule has 0 unspecified atom stereocenters. The van der Waals surface area contributed by atoms with Gasteiger partial charge in [-0.3, -0.25) is 10.6 Å². The average molecular weight is 333 g/mol. The highest BCUT2D eigenvalue weighted by Crippen LogP contribution is 2.20. The molecular formula is C14H15N5O3S. The molecule has 1 aromatic heterocycles. The summed E-state index contributed by atoms with van der Waals surface area (Å²) in [7, 11) is 0. The van der Waals surface area contributed by atoms with Crippen molar-refractivity contribution >= 4 is 46.7 Å². The van der Waals surface area contributed by atoms with E-state index in [0.29, 0.717) is 17.3 Å². The first-order valence-corrected chi connectivity index (χ1v) is 6.94. The predicted octanol–water partition coefficient (Wildman–Crippen LogP) is 2.60. The molecule has 120 valence electrons. The van der Waals surface area contributed by atoms with Gasteiger partial charge in [0.05, 0.1) is 6.26 Å². The Hall–Kier alpha value is -3.07. The van der Waals surface area contributed by atoms with Gasteiger partial charge in [0.15, 0.2) is 5.11 Å². The molecule has 2 rings (SSSR count). The van der Waals surface area contributed by atoms with Crippen molar-refractivity contribution in [2.24, 2.45) is 5.73 Å². The highest BCUT2D eigenvalue weighted by atomic mass is 32.1. The Kier molecular flexibility index (Phi) is 5.15. The van der Waals surface area contributed by atoms with E-state index in [1.54, 1.807) is 30.3 Å². The summed E-state index contributed by atoms with van der Waals surface area (Å²) in [5.74, 6) is 0.323. The summed E-state index contributed by atoms with van der Waals surface area (Å²) >= 11 is 4.59. The largest absolute Gasteiger partial charge is 0.449 e. The monoisotopic (exact) mass is 333 g/mol. The van der Waals surface area contributed by atoms with E-state index in [2.05, 4.69) is 33.5 Å². The van der Waals surface area contributed by atoms with Crippen LogP contribution in [0.3, 0.4) is 0 Å². The smallest absolute Gasteiger partial charge is 0.326 e. The lowest BCUT2D eigenvalue weighted by Gasteiger charge is -2.12. The molecular weight excluding hydrogens is 318 g/mol.